The summed E-state index contributed by atoms with van der Waals surface area (Å²) in [5, 5.41) is 13.0. The molecule has 0 unspecified atom stereocenters. The van der Waals surface area contributed by atoms with Gasteiger partial charge in [0.2, 0.25) is 5.82 Å². The standard InChI is InChI=1S/C14H9FN2O2/c15-12-8-10(18)6-7-11(12)14-16-13(17-19-14)9-4-2-1-3-5-9/h1-8,18H. The fourth-order valence-electron chi connectivity index (χ4n) is 1.71. The first-order valence-electron chi connectivity index (χ1n) is 5.62. The van der Waals surface area contributed by atoms with Crippen LogP contribution in [0.2, 0.25) is 0 Å². The van der Waals surface area contributed by atoms with Crippen molar-refractivity contribution in [3.05, 3.63) is 54.3 Å². The van der Waals surface area contributed by atoms with E-state index in [2.05, 4.69) is 10.1 Å². The van der Waals surface area contributed by atoms with Crippen LogP contribution < -0.4 is 0 Å². The van der Waals surface area contributed by atoms with Gasteiger partial charge in [0.1, 0.15) is 11.6 Å². The molecule has 0 amide bonds. The van der Waals surface area contributed by atoms with Gasteiger partial charge in [0.15, 0.2) is 0 Å². The molecule has 19 heavy (non-hydrogen) atoms. The number of aromatic hydroxyl groups is 1. The minimum absolute atomic E-state index is 0.0800. The molecule has 0 atom stereocenters. The zero-order valence-corrected chi connectivity index (χ0v) is 9.75. The fourth-order valence-corrected chi connectivity index (χ4v) is 1.71. The van der Waals surface area contributed by atoms with E-state index in [0.29, 0.717) is 5.82 Å². The summed E-state index contributed by atoms with van der Waals surface area (Å²) < 4.78 is 18.7. The minimum Gasteiger partial charge on any atom is -0.508 e. The molecule has 2 aromatic carbocycles. The van der Waals surface area contributed by atoms with Crippen LogP contribution in [0.1, 0.15) is 0 Å². The Morgan fingerprint density at radius 3 is 2.58 bits per heavy atom. The lowest BCUT2D eigenvalue weighted by Gasteiger charge is -1.97. The lowest BCUT2D eigenvalue weighted by Crippen LogP contribution is -1.84. The Kier molecular flexibility index (Phi) is 2.72. The van der Waals surface area contributed by atoms with Crippen molar-refractivity contribution in [3.8, 4) is 28.6 Å². The smallest absolute Gasteiger partial charge is 0.261 e. The average molecular weight is 256 g/mol. The van der Waals surface area contributed by atoms with Crippen LogP contribution in [0.5, 0.6) is 5.75 Å². The number of hydrogen-bond acceptors (Lipinski definition) is 4. The third kappa shape index (κ3) is 2.18. The molecule has 3 aromatic rings. The fraction of sp³-hybridized carbons (Fsp3) is 0. The molecule has 0 radical (unpaired) electrons. The summed E-state index contributed by atoms with van der Waals surface area (Å²) in [4.78, 5) is 4.14. The van der Waals surface area contributed by atoms with Crippen molar-refractivity contribution in [2.24, 2.45) is 0 Å². The first-order chi connectivity index (χ1) is 9.24. The van der Waals surface area contributed by atoms with Gasteiger partial charge in [0.25, 0.3) is 5.89 Å². The molecule has 0 bridgehead atoms. The van der Waals surface area contributed by atoms with Gasteiger partial charge in [-0.3, -0.25) is 0 Å². The summed E-state index contributed by atoms with van der Waals surface area (Å²) in [6, 6.07) is 13.0. The van der Waals surface area contributed by atoms with Crippen molar-refractivity contribution in [2.45, 2.75) is 0 Å². The van der Waals surface area contributed by atoms with Crippen molar-refractivity contribution in [3.63, 3.8) is 0 Å². The Balaban J connectivity index is 2.02. The van der Waals surface area contributed by atoms with Gasteiger partial charge >= 0.3 is 0 Å². The maximum atomic E-state index is 13.7. The van der Waals surface area contributed by atoms with Crippen molar-refractivity contribution in [2.75, 3.05) is 0 Å². The molecule has 0 fully saturated rings. The molecule has 3 rings (SSSR count). The molecular formula is C14H9FN2O2. The van der Waals surface area contributed by atoms with Gasteiger partial charge in [-0.15, -0.1) is 0 Å². The van der Waals surface area contributed by atoms with E-state index in [9.17, 15) is 4.39 Å². The number of hydrogen-bond donors (Lipinski definition) is 1. The highest BCUT2D eigenvalue weighted by Crippen LogP contribution is 2.26. The van der Waals surface area contributed by atoms with E-state index in [0.717, 1.165) is 11.6 Å². The van der Waals surface area contributed by atoms with E-state index in [1.54, 1.807) is 0 Å². The van der Waals surface area contributed by atoms with Gasteiger partial charge in [-0.1, -0.05) is 35.5 Å². The molecule has 1 N–H and O–H groups in total. The van der Waals surface area contributed by atoms with Gasteiger partial charge < -0.3 is 9.63 Å². The molecule has 0 aliphatic carbocycles. The van der Waals surface area contributed by atoms with Crippen LogP contribution in [0.25, 0.3) is 22.8 Å². The summed E-state index contributed by atoms with van der Waals surface area (Å²) in [7, 11) is 0. The highest BCUT2D eigenvalue weighted by Gasteiger charge is 2.14. The first-order valence-corrected chi connectivity index (χ1v) is 5.62. The Morgan fingerprint density at radius 2 is 1.84 bits per heavy atom. The Labute approximate surface area is 108 Å². The van der Waals surface area contributed by atoms with Gasteiger partial charge in [-0.2, -0.15) is 4.98 Å². The highest BCUT2D eigenvalue weighted by molar-refractivity contribution is 5.60. The molecule has 4 nitrogen and oxygen atoms in total. The van der Waals surface area contributed by atoms with E-state index >= 15 is 0 Å². The number of halogens is 1. The number of nitrogens with zero attached hydrogens (tertiary/aromatic N) is 2. The second kappa shape index (κ2) is 4.53. The Morgan fingerprint density at radius 1 is 1.05 bits per heavy atom. The van der Waals surface area contributed by atoms with Crippen molar-refractivity contribution < 1.29 is 14.0 Å². The van der Waals surface area contributed by atoms with Crippen LogP contribution in [0.4, 0.5) is 4.39 Å². The van der Waals surface area contributed by atoms with E-state index in [1.165, 1.54) is 12.1 Å². The molecular weight excluding hydrogens is 247 g/mol. The number of benzene rings is 2. The van der Waals surface area contributed by atoms with Crippen LogP contribution in [-0.2, 0) is 0 Å². The molecule has 1 aromatic heterocycles. The molecule has 0 aliphatic heterocycles. The van der Waals surface area contributed by atoms with Crippen molar-refractivity contribution in [1.82, 2.24) is 10.1 Å². The van der Waals surface area contributed by atoms with Crippen molar-refractivity contribution >= 4 is 0 Å². The quantitative estimate of drug-likeness (QED) is 0.764. The summed E-state index contributed by atoms with van der Waals surface area (Å²) in [6.45, 7) is 0. The zero-order valence-electron chi connectivity index (χ0n) is 9.75. The highest BCUT2D eigenvalue weighted by atomic mass is 19.1. The number of rotatable bonds is 2. The van der Waals surface area contributed by atoms with Gasteiger partial charge in [-0.25, -0.2) is 4.39 Å². The molecule has 5 heteroatoms. The first kappa shape index (κ1) is 11.4. The van der Waals surface area contributed by atoms with Crippen LogP contribution in [0, 0.1) is 5.82 Å². The molecule has 94 valence electrons. The molecule has 0 spiro atoms. The molecule has 0 aliphatic rings. The molecule has 1 heterocycles. The Bertz CT molecular complexity index is 710. The summed E-state index contributed by atoms with van der Waals surface area (Å²) in [5.41, 5.74) is 0.948. The third-order valence-corrected chi connectivity index (χ3v) is 2.64. The third-order valence-electron chi connectivity index (χ3n) is 2.64. The minimum atomic E-state index is -0.608. The second-order valence-corrected chi connectivity index (χ2v) is 3.95. The number of phenols is 1. The van der Waals surface area contributed by atoms with Crippen LogP contribution in [-0.4, -0.2) is 15.2 Å². The summed E-state index contributed by atoms with van der Waals surface area (Å²) in [6.07, 6.45) is 0. The second-order valence-electron chi connectivity index (χ2n) is 3.95. The zero-order chi connectivity index (χ0) is 13.2. The maximum absolute atomic E-state index is 13.7. The van der Waals surface area contributed by atoms with Crippen LogP contribution in [0.3, 0.4) is 0 Å². The normalized spacial score (nSPS) is 10.6. The predicted octanol–water partition coefficient (Wildman–Crippen LogP) is 3.25. The van der Waals surface area contributed by atoms with Gasteiger partial charge in [-0.05, 0) is 12.1 Å². The maximum Gasteiger partial charge on any atom is 0.261 e. The lowest BCUT2D eigenvalue weighted by atomic mass is 10.2. The van der Waals surface area contributed by atoms with E-state index in [4.69, 9.17) is 9.63 Å². The van der Waals surface area contributed by atoms with Gasteiger partial charge in [0.05, 0.1) is 5.56 Å². The summed E-state index contributed by atoms with van der Waals surface area (Å²) >= 11 is 0. The average Bonchev–Trinajstić information content (AvgIpc) is 2.89. The monoisotopic (exact) mass is 256 g/mol. The largest absolute Gasteiger partial charge is 0.508 e. The van der Waals surface area contributed by atoms with E-state index in [1.807, 2.05) is 30.3 Å². The lowest BCUT2D eigenvalue weighted by molar-refractivity contribution is 0.428. The topological polar surface area (TPSA) is 59.2 Å². The van der Waals surface area contributed by atoms with E-state index < -0.39 is 5.82 Å². The molecule has 0 saturated carbocycles. The van der Waals surface area contributed by atoms with E-state index in [-0.39, 0.29) is 17.2 Å². The number of aromatic nitrogens is 2. The summed E-state index contributed by atoms with van der Waals surface area (Å²) in [5.74, 6) is -0.285. The SMILES string of the molecule is Oc1ccc(-c2nc(-c3ccccc3)no2)c(F)c1. The number of phenolic OH excluding ortho intramolecular Hbond substituents is 1. The van der Waals surface area contributed by atoms with Crippen LogP contribution >= 0.6 is 0 Å². The Hall–Kier alpha value is -2.69. The van der Waals surface area contributed by atoms with Crippen molar-refractivity contribution in [1.29, 1.82) is 0 Å². The van der Waals surface area contributed by atoms with Gasteiger partial charge in [0, 0.05) is 11.6 Å². The predicted molar refractivity (Wildman–Crippen MR) is 66.8 cm³/mol. The molecule has 0 saturated heterocycles. The van der Waals surface area contributed by atoms with Crippen LogP contribution in [0.15, 0.2) is 53.1 Å².